The molecule has 1 aliphatic heterocycles. The summed E-state index contributed by atoms with van der Waals surface area (Å²) < 4.78 is 19.9. The third kappa shape index (κ3) is 4.17. The summed E-state index contributed by atoms with van der Waals surface area (Å²) in [6, 6.07) is 9.03. The summed E-state index contributed by atoms with van der Waals surface area (Å²) in [6.07, 6.45) is 2.09. The number of hydrogen-bond donors (Lipinski definition) is 0. The number of nitrogens with zero attached hydrogens (tertiary/aromatic N) is 5. The van der Waals surface area contributed by atoms with E-state index in [2.05, 4.69) is 16.0 Å². The highest BCUT2D eigenvalue weighted by Gasteiger charge is 2.36. The highest BCUT2D eigenvalue weighted by molar-refractivity contribution is 5.78. The minimum absolute atomic E-state index is 0.0546. The molecule has 2 fully saturated rings. The van der Waals surface area contributed by atoms with Gasteiger partial charge in [0.15, 0.2) is 5.89 Å². The Hall–Kier alpha value is -2.92. The number of aromatic nitrogens is 1. The van der Waals surface area contributed by atoms with Gasteiger partial charge in [-0.1, -0.05) is 18.2 Å². The van der Waals surface area contributed by atoms with E-state index in [9.17, 15) is 14.4 Å². The van der Waals surface area contributed by atoms with E-state index in [1.807, 2.05) is 22.8 Å². The first kappa shape index (κ1) is 20.4. The normalized spacial score (nSPS) is 17.8. The fourth-order valence-corrected chi connectivity index (χ4v) is 4.10. The van der Waals surface area contributed by atoms with E-state index >= 15 is 0 Å². The van der Waals surface area contributed by atoms with Crippen molar-refractivity contribution in [3.8, 4) is 6.07 Å². The van der Waals surface area contributed by atoms with Crippen LogP contribution >= 0.6 is 0 Å². The third-order valence-electron chi connectivity index (χ3n) is 5.93. The summed E-state index contributed by atoms with van der Waals surface area (Å²) in [5.41, 5.74) is 0.914. The number of benzene rings is 1. The summed E-state index contributed by atoms with van der Waals surface area (Å²) in [7, 11) is 0. The smallest absolute Gasteiger partial charge is 0.236 e. The molecule has 4 rings (SSSR count). The standard InChI is InChI=1S/C22H26FN5O2/c1-15(18-5-3-4-6-19(18)23)28(17-7-8-17)14-21(29)26-9-11-27(12-10-26)22-20(13-24)25-16(2)30-22/h3-6,15,17H,7-12,14H2,1-2H3. The molecule has 1 amide bonds. The number of anilines is 1. The van der Waals surface area contributed by atoms with Crippen molar-refractivity contribution in [2.75, 3.05) is 37.6 Å². The molecule has 0 radical (unpaired) electrons. The molecule has 1 unspecified atom stereocenters. The summed E-state index contributed by atoms with van der Waals surface area (Å²) in [5.74, 6) is 0.767. The zero-order valence-corrected chi connectivity index (χ0v) is 17.3. The molecule has 2 heterocycles. The maximum Gasteiger partial charge on any atom is 0.236 e. The first-order valence-electron chi connectivity index (χ1n) is 10.4. The van der Waals surface area contributed by atoms with E-state index < -0.39 is 0 Å². The van der Waals surface area contributed by atoms with Gasteiger partial charge in [-0.2, -0.15) is 5.26 Å². The van der Waals surface area contributed by atoms with Gasteiger partial charge < -0.3 is 14.2 Å². The second-order valence-electron chi connectivity index (χ2n) is 7.97. The fourth-order valence-electron chi connectivity index (χ4n) is 4.10. The van der Waals surface area contributed by atoms with Crippen LogP contribution in [0.15, 0.2) is 28.7 Å². The third-order valence-corrected chi connectivity index (χ3v) is 5.93. The summed E-state index contributed by atoms with van der Waals surface area (Å²) in [5, 5.41) is 9.23. The van der Waals surface area contributed by atoms with Crippen molar-refractivity contribution >= 4 is 11.8 Å². The fraction of sp³-hybridized carbons (Fsp3) is 0.500. The number of oxazole rings is 1. The van der Waals surface area contributed by atoms with Gasteiger partial charge in [0.2, 0.25) is 17.5 Å². The van der Waals surface area contributed by atoms with Crippen LogP contribution in [0.5, 0.6) is 0 Å². The highest BCUT2D eigenvalue weighted by Crippen LogP contribution is 2.35. The van der Waals surface area contributed by atoms with Crippen molar-refractivity contribution in [1.29, 1.82) is 5.26 Å². The average molecular weight is 411 g/mol. The summed E-state index contributed by atoms with van der Waals surface area (Å²) in [4.78, 5) is 23.0. The van der Waals surface area contributed by atoms with Crippen LogP contribution in [0.1, 0.15) is 43.0 Å². The molecule has 158 valence electrons. The molecule has 0 N–H and O–H groups in total. The van der Waals surface area contributed by atoms with Gasteiger partial charge in [-0.15, -0.1) is 0 Å². The van der Waals surface area contributed by atoms with Crippen LogP contribution in [0.2, 0.25) is 0 Å². The van der Waals surface area contributed by atoms with Gasteiger partial charge >= 0.3 is 0 Å². The molecule has 1 aliphatic carbocycles. The maximum atomic E-state index is 14.3. The lowest BCUT2D eigenvalue weighted by molar-refractivity contribution is -0.133. The van der Waals surface area contributed by atoms with Crippen LogP contribution in [-0.4, -0.2) is 59.5 Å². The minimum Gasteiger partial charge on any atom is -0.424 e. The number of carbonyl (C=O) groups is 1. The number of amides is 1. The van der Waals surface area contributed by atoms with E-state index in [0.29, 0.717) is 49.6 Å². The Bertz CT molecular complexity index is 957. The van der Waals surface area contributed by atoms with Crippen molar-refractivity contribution in [1.82, 2.24) is 14.8 Å². The Labute approximate surface area is 175 Å². The average Bonchev–Trinajstić information content (AvgIpc) is 3.53. The number of halogens is 1. The molecular formula is C22H26FN5O2. The predicted molar refractivity (Wildman–Crippen MR) is 109 cm³/mol. The zero-order chi connectivity index (χ0) is 21.3. The van der Waals surface area contributed by atoms with Crippen LogP contribution < -0.4 is 4.90 Å². The Morgan fingerprint density at radius 2 is 2.03 bits per heavy atom. The van der Waals surface area contributed by atoms with Crippen molar-refractivity contribution in [2.24, 2.45) is 0 Å². The van der Waals surface area contributed by atoms with Crippen LogP contribution in [-0.2, 0) is 4.79 Å². The Balaban J connectivity index is 1.39. The lowest BCUT2D eigenvalue weighted by Gasteiger charge is -2.37. The molecule has 1 saturated heterocycles. The number of aryl methyl sites for hydroxylation is 1. The minimum atomic E-state index is -0.229. The molecule has 0 spiro atoms. The SMILES string of the molecule is Cc1nc(C#N)c(N2CCN(C(=O)CN(C3CC3)C(C)c3ccccc3F)CC2)o1. The van der Waals surface area contributed by atoms with Gasteiger partial charge in [0.1, 0.15) is 11.9 Å². The second kappa shape index (κ2) is 8.44. The van der Waals surface area contributed by atoms with Gasteiger partial charge in [0, 0.05) is 50.7 Å². The first-order chi connectivity index (χ1) is 14.5. The molecule has 30 heavy (non-hydrogen) atoms. The quantitative estimate of drug-likeness (QED) is 0.728. The molecule has 7 nitrogen and oxygen atoms in total. The molecule has 2 aliphatic rings. The summed E-state index contributed by atoms with van der Waals surface area (Å²) >= 11 is 0. The number of piperazine rings is 1. The molecular weight excluding hydrogens is 385 g/mol. The second-order valence-corrected chi connectivity index (χ2v) is 7.97. The molecule has 8 heteroatoms. The Kier molecular flexibility index (Phi) is 5.73. The van der Waals surface area contributed by atoms with Crippen molar-refractivity contribution in [2.45, 2.75) is 38.8 Å². The maximum absolute atomic E-state index is 14.3. The molecule has 1 atom stereocenters. The Morgan fingerprint density at radius 3 is 2.67 bits per heavy atom. The van der Waals surface area contributed by atoms with Gasteiger partial charge in [0.25, 0.3) is 0 Å². The number of carbonyl (C=O) groups excluding carboxylic acids is 1. The Morgan fingerprint density at radius 1 is 1.33 bits per heavy atom. The molecule has 1 aromatic carbocycles. The number of nitriles is 1. The van der Waals surface area contributed by atoms with Gasteiger partial charge in [-0.05, 0) is 25.8 Å². The van der Waals surface area contributed by atoms with Crippen LogP contribution in [0.25, 0.3) is 0 Å². The van der Waals surface area contributed by atoms with E-state index in [1.165, 1.54) is 6.07 Å². The monoisotopic (exact) mass is 411 g/mol. The molecule has 1 aromatic heterocycles. The predicted octanol–water partition coefficient (Wildman–Crippen LogP) is 2.87. The van der Waals surface area contributed by atoms with Crippen molar-refractivity contribution < 1.29 is 13.6 Å². The van der Waals surface area contributed by atoms with Crippen LogP contribution in [0.3, 0.4) is 0 Å². The summed E-state index contributed by atoms with van der Waals surface area (Å²) in [6.45, 7) is 6.24. The lowest BCUT2D eigenvalue weighted by atomic mass is 10.1. The zero-order valence-electron chi connectivity index (χ0n) is 17.3. The molecule has 2 aromatic rings. The topological polar surface area (TPSA) is 76.6 Å². The number of rotatable bonds is 6. The van der Waals surface area contributed by atoms with E-state index in [4.69, 9.17) is 4.42 Å². The number of hydrogen-bond acceptors (Lipinski definition) is 6. The van der Waals surface area contributed by atoms with E-state index in [0.717, 1.165) is 12.8 Å². The van der Waals surface area contributed by atoms with Crippen LogP contribution in [0, 0.1) is 24.1 Å². The lowest BCUT2D eigenvalue weighted by Crippen LogP contribution is -2.51. The highest BCUT2D eigenvalue weighted by atomic mass is 19.1. The van der Waals surface area contributed by atoms with Gasteiger partial charge in [-0.3, -0.25) is 9.69 Å². The van der Waals surface area contributed by atoms with Gasteiger partial charge in [0.05, 0.1) is 6.54 Å². The first-order valence-corrected chi connectivity index (χ1v) is 10.4. The largest absolute Gasteiger partial charge is 0.424 e. The van der Waals surface area contributed by atoms with Crippen molar-refractivity contribution in [3.05, 3.63) is 47.2 Å². The van der Waals surface area contributed by atoms with Crippen molar-refractivity contribution in [3.63, 3.8) is 0 Å². The van der Waals surface area contributed by atoms with Gasteiger partial charge in [-0.25, -0.2) is 9.37 Å². The molecule has 1 saturated carbocycles. The van der Waals surface area contributed by atoms with E-state index in [1.54, 1.807) is 19.1 Å². The van der Waals surface area contributed by atoms with Crippen LogP contribution in [0.4, 0.5) is 10.3 Å². The van der Waals surface area contributed by atoms with E-state index in [-0.39, 0.29) is 30.0 Å². The molecule has 0 bridgehead atoms.